The highest BCUT2D eigenvalue weighted by atomic mass is 16.1. The Morgan fingerprint density at radius 1 is 1.36 bits per heavy atom. The molecule has 0 saturated carbocycles. The second kappa shape index (κ2) is 5.07. The van der Waals surface area contributed by atoms with E-state index in [4.69, 9.17) is 0 Å². The summed E-state index contributed by atoms with van der Waals surface area (Å²) >= 11 is 0. The van der Waals surface area contributed by atoms with Crippen molar-refractivity contribution in [3.05, 3.63) is 52.7 Å². The molecule has 1 aromatic rings. The lowest BCUT2D eigenvalue weighted by Crippen LogP contribution is -2.63. The Labute approximate surface area is 150 Å². The van der Waals surface area contributed by atoms with Gasteiger partial charge in [0.1, 0.15) is 18.9 Å². The highest BCUT2D eigenvalue weighted by Gasteiger charge is 2.68. The van der Waals surface area contributed by atoms with Gasteiger partial charge in [-0.3, -0.25) is 4.79 Å². The Hall–Kier alpha value is -1.87. The maximum Gasteiger partial charge on any atom is 0.148 e. The minimum Gasteiger partial charge on any atom is -0.357 e. The summed E-state index contributed by atoms with van der Waals surface area (Å²) < 4.78 is 1.22. The summed E-state index contributed by atoms with van der Waals surface area (Å²) in [6.45, 7) is 8.08. The fraction of sp³-hybridized carbons (Fsp3) is 0.500. The monoisotopic (exact) mass is 335 g/mol. The number of nitrogens with one attached hydrogen (secondary N) is 1. The molecule has 1 aliphatic carbocycles. The summed E-state index contributed by atoms with van der Waals surface area (Å²) in [7, 11) is 0. The predicted octanol–water partition coefficient (Wildman–Crippen LogP) is 3.78. The fourth-order valence-corrected chi connectivity index (χ4v) is 6.68. The molecule has 4 atom stereocenters. The summed E-state index contributed by atoms with van der Waals surface area (Å²) in [5.41, 5.74) is 6.44. The van der Waals surface area contributed by atoms with Gasteiger partial charge in [-0.15, -0.1) is 0 Å². The van der Waals surface area contributed by atoms with Gasteiger partial charge in [0.05, 0.1) is 18.5 Å². The van der Waals surface area contributed by atoms with E-state index in [1.165, 1.54) is 46.5 Å². The Morgan fingerprint density at radius 2 is 2.20 bits per heavy atom. The average molecular weight is 335 g/mol. The number of hydrogen-bond donors (Lipinski definition) is 1. The van der Waals surface area contributed by atoms with Crippen LogP contribution >= 0.6 is 0 Å². The molecule has 2 bridgehead atoms. The van der Waals surface area contributed by atoms with Gasteiger partial charge in [-0.05, 0) is 30.5 Å². The van der Waals surface area contributed by atoms with E-state index in [0.717, 1.165) is 31.2 Å². The number of anilines is 1. The molecule has 25 heavy (non-hydrogen) atoms. The molecule has 0 radical (unpaired) electrons. The first-order valence-electron chi connectivity index (χ1n) is 9.77. The summed E-state index contributed by atoms with van der Waals surface area (Å²) in [4.78, 5) is 12.2. The molecule has 1 spiro atoms. The Morgan fingerprint density at radius 3 is 2.96 bits per heavy atom. The number of carbonyl (C=O) groups excluding carboxylic acids is 1. The van der Waals surface area contributed by atoms with E-state index in [0.29, 0.717) is 12.0 Å². The molecule has 2 saturated heterocycles. The van der Waals surface area contributed by atoms with Gasteiger partial charge in [-0.2, -0.15) is 0 Å². The van der Waals surface area contributed by atoms with E-state index in [1.807, 2.05) is 0 Å². The van der Waals surface area contributed by atoms with Crippen LogP contribution in [-0.2, 0) is 10.2 Å². The molecule has 0 amide bonds. The van der Waals surface area contributed by atoms with E-state index in [2.05, 4.69) is 49.5 Å². The van der Waals surface area contributed by atoms with Crippen molar-refractivity contribution in [2.45, 2.75) is 44.6 Å². The third-order valence-electron chi connectivity index (χ3n) is 7.53. The first-order chi connectivity index (χ1) is 12.2. The molecule has 1 aromatic carbocycles. The second-order valence-electron chi connectivity index (χ2n) is 8.33. The van der Waals surface area contributed by atoms with Gasteiger partial charge in [-0.1, -0.05) is 31.2 Å². The van der Waals surface area contributed by atoms with Crippen LogP contribution in [0.25, 0.3) is 0 Å². The third kappa shape index (κ3) is 1.68. The number of quaternary nitrogens is 1. The Kier molecular flexibility index (Phi) is 3.12. The number of aldehydes is 1. The molecular formula is C22H27N2O+. The lowest BCUT2D eigenvalue weighted by molar-refractivity contribution is -0.941. The van der Waals surface area contributed by atoms with Crippen LogP contribution in [-0.4, -0.2) is 36.4 Å². The average Bonchev–Trinajstić information content (AvgIpc) is 3.16. The minimum atomic E-state index is 0.0395. The van der Waals surface area contributed by atoms with Crippen molar-refractivity contribution in [3.8, 4) is 0 Å². The van der Waals surface area contributed by atoms with Crippen molar-refractivity contribution in [3.63, 3.8) is 0 Å². The van der Waals surface area contributed by atoms with E-state index >= 15 is 0 Å². The van der Waals surface area contributed by atoms with E-state index < -0.39 is 0 Å². The number of carbonyl (C=O) groups is 1. The molecule has 2 fully saturated rings. The number of piperidine rings is 1. The zero-order valence-corrected chi connectivity index (χ0v) is 15.2. The number of allylic oxidation sites excluding steroid dienone is 2. The third-order valence-corrected chi connectivity index (χ3v) is 7.53. The smallest absolute Gasteiger partial charge is 0.148 e. The van der Waals surface area contributed by atoms with E-state index in [9.17, 15) is 4.79 Å². The number of hydrogen-bond acceptors (Lipinski definition) is 2. The highest BCUT2D eigenvalue weighted by molar-refractivity contribution is 5.84. The van der Waals surface area contributed by atoms with Crippen LogP contribution in [0.15, 0.2) is 47.2 Å². The molecule has 1 N–H and O–H groups in total. The van der Waals surface area contributed by atoms with Gasteiger partial charge in [0.2, 0.25) is 0 Å². The number of rotatable bonds is 3. The molecule has 5 rings (SSSR count). The Balaban J connectivity index is 1.81. The first-order valence-corrected chi connectivity index (χ1v) is 9.77. The number of nitrogens with zero attached hydrogens (tertiary/aromatic N) is 1. The van der Waals surface area contributed by atoms with Crippen LogP contribution in [0.1, 0.15) is 38.7 Å². The summed E-state index contributed by atoms with van der Waals surface area (Å²) in [6, 6.07) is 9.36. The standard InChI is InChI=1S/C22H26N2O/c1-3-10-24-11-9-22-18-7-5-6-8-19(18)23-21(22)17(14-25)16(12-20(22)24)15(4-2)13-24/h4-8,14,16,20H,3,9-13H2,1-2H3/p+1/b15-4+/t16-,20+,22-,24-/m0/s1. The van der Waals surface area contributed by atoms with Crippen LogP contribution in [0.4, 0.5) is 5.69 Å². The van der Waals surface area contributed by atoms with Gasteiger partial charge in [-0.25, -0.2) is 0 Å². The molecule has 130 valence electrons. The highest BCUT2D eigenvalue weighted by Crippen LogP contribution is 2.63. The number of para-hydroxylation sites is 1. The predicted molar refractivity (Wildman–Crippen MR) is 100 cm³/mol. The van der Waals surface area contributed by atoms with Crippen LogP contribution in [0.3, 0.4) is 0 Å². The zero-order valence-electron chi connectivity index (χ0n) is 15.2. The molecular weight excluding hydrogens is 308 g/mol. The number of fused-ring (bicyclic) bond motifs is 2. The van der Waals surface area contributed by atoms with Crippen LogP contribution in [0.2, 0.25) is 0 Å². The van der Waals surface area contributed by atoms with Crippen molar-refractivity contribution in [2.24, 2.45) is 5.92 Å². The van der Waals surface area contributed by atoms with Crippen LogP contribution < -0.4 is 5.32 Å². The second-order valence-corrected chi connectivity index (χ2v) is 8.33. The topological polar surface area (TPSA) is 29.1 Å². The van der Waals surface area contributed by atoms with Crippen LogP contribution in [0, 0.1) is 5.92 Å². The van der Waals surface area contributed by atoms with Crippen molar-refractivity contribution >= 4 is 12.0 Å². The van der Waals surface area contributed by atoms with Gasteiger partial charge >= 0.3 is 0 Å². The summed E-state index contributed by atoms with van der Waals surface area (Å²) in [5.74, 6) is 0.318. The SMILES string of the molecule is C/C=C1\C[N@+]2(CCC)CC[C@@]34C(=C(C=O)[C@H]1C[C@H]32)Nc1ccccc14. The Bertz CT molecular complexity index is 823. The molecule has 3 heterocycles. The summed E-state index contributed by atoms with van der Waals surface area (Å²) in [6.07, 6.45) is 6.96. The van der Waals surface area contributed by atoms with E-state index in [1.54, 1.807) is 0 Å². The maximum atomic E-state index is 12.2. The van der Waals surface area contributed by atoms with Gasteiger partial charge < -0.3 is 9.80 Å². The first kappa shape index (κ1) is 15.4. The van der Waals surface area contributed by atoms with Gasteiger partial charge in [0.25, 0.3) is 0 Å². The van der Waals surface area contributed by atoms with E-state index in [-0.39, 0.29) is 5.41 Å². The normalized spacial score (nSPS) is 39.2. The fourth-order valence-electron chi connectivity index (χ4n) is 6.68. The van der Waals surface area contributed by atoms with Gasteiger partial charge in [0, 0.05) is 35.7 Å². The molecule has 3 aliphatic heterocycles. The summed E-state index contributed by atoms with van der Waals surface area (Å²) in [5, 5.41) is 3.70. The maximum absolute atomic E-state index is 12.2. The van der Waals surface area contributed by atoms with Gasteiger partial charge in [0.15, 0.2) is 0 Å². The quantitative estimate of drug-likeness (QED) is 0.517. The minimum absolute atomic E-state index is 0.0395. The zero-order chi connectivity index (χ0) is 17.2. The van der Waals surface area contributed by atoms with Crippen molar-refractivity contribution < 1.29 is 9.28 Å². The molecule has 0 aromatic heterocycles. The van der Waals surface area contributed by atoms with Crippen molar-refractivity contribution in [1.29, 1.82) is 0 Å². The van der Waals surface area contributed by atoms with Crippen molar-refractivity contribution in [2.75, 3.05) is 25.0 Å². The molecule has 3 heteroatoms. The molecule has 4 aliphatic rings. The lowest BCUT2D eigenvalue weighted by Gasteiger charge is -2.53. The van der Waals surface area contributed by atoms with Crippen molar-refractivity contribution in [1.82, 2.24) is 0 Å². The molecule has 0 unspecified atom stereocenters. The largest absolute Gasteiger partial charge is 0.357 e. The van der Waals surface area contributed by atoms with Crippen LogP contribution in [0.5, 0.6) is 0 Å². The number of benzene rings is 1. The molecule has 3 nitrogen and oxygen atoms in total. The lowest BCUT2D eigenvalue weighted by atomic mass is 9.61.